The molecule has 6 nitrogen and oxygen atoms in total. The number of nitrogens with zero attached hydrogens (tertiary/aromatic N) is 4. The van der Waals surface area contributed by atoms with Crippen molar-refractivity contribution in [2.24, 2.45) is 0 Å². The van der Waals surface area contributed by atoms with E-state index < -0.39 is 11.9 Å². The Labute approximate surface area is 140 Å². The lowest BCUT2D eigenvalue weighted by molar-refractivity contribution is -0.141. The fourth-order valence-electron chi connectivity index (χ4n) is 2.68. The molecule has 0 radical (unpaired) electrons. The van der Waals surface area contributed by atoms with E-state index in [1.54, 1.807) is 11.6 Å². The molecule has 0 saturated carbocycles. The van der Waals surface area contributed by atoms with Gasteiger partial charge in [-0.25, -0.2) is 4.98 Å². The van der Waals surface area contributed by atoms with Crippen molar-refractivity contribution in [1.82, 2.24) is 19.7 Å². The molecule has 10 heteroatoms. The van der Waals surface area contributed by atoms with Crippen molar-refractivity contribution in [2.75, 3.05) is 25.0 Å². The minimum atomic E-state index is -4.42. The van der Waals surface area contributed by atoms with Crippen molar-refractivity contribution in [2.45, 2.75) is 25.1 Å². The van der Waals surface area contributed by atoms with E-state index in [1.165, 1.54) is 22.2 Å². The molecular weight excluding hydrogens is 343 g/mol. The molecule has 0 unspecified atom stereocenters. The van der Waals surface area contributed by atoms with Gasteiger partial charge in [0, 0.05) is 30.9 Å². The highest BCUT2D eigenvalue weighted by Crippen LogP contribution is 2.29. The highest BCUT2D eigenvalue weighted by atomic mass is 32.1. The van der Waals surface area contributed by atoms with Crippen molar-refractivity contribution in [1.29, 1.82) is 0 Å². The van der Waals surface area contributed by atoms with E-state index in [0.717, 1.165) is 6.07 Å². The van der Waals surface area contributed by atoms with Gasteiger partial charge < -0.3 is 5.32 Å². The first-order chi connectivity index (χ1) is 11.4. The average molecular weight is 359 g/mol. The Balaban J connectivity index is 1.49. The maximum absolute atomic E-state index is 12.6. The van der Waals surface area contributed by atoms with Crippen molar-refractivity contribution in [3.8, 4) is 0 Å². The molecular formula is C14H16F3N5OS. The Kier molecular flexibility index (Phi) is 4.86. The molecule has 3 rings (SSSR count). The zero-order valence-corrected chi connectivity index (χ0v) is 13.5. The van der Waals surface area contributed by atoms with Gasteiger partial charge in [0.25, 0.3) is 0 Å². The molecule has 0 bridgehead atoms. The van der Waals surface area contributed by atoms with Crippen LogP contribution in [0.2, 0.25) is 0 Å². The zero-order valence-electron chi connectivity index (χ0n) is 12.7. The molecule has 1 fully saturated rings. The topological polar surface area (TPSA) is 63.1 Å². The van der Waals surface area contributed by atoms with Crippen molar-refractivity contribution in [3.63, 3.8) is 0 Å². The van der Waals surface area contributed by atoms with Crippen LogP contribution in [0.25, 0.3) is 0 Å². The number of hydrogen-bond donors (Lipinski definition) is 1. The Morgan fingerprint density at radius 2 is 2.12 bits per heavy atom. The smallest absolute Gasteiger partial charge is 0.301 e. The van der Waals surface area contributed by atoms with E-state index in [9.17, 15) is 18.0 Å². The SMILES string of the molecule is O=C(CN1CCC(n2ccc(C(F)(F)F)n2)CC1)Nc1nccs1. The molecule has 3 heterocycles. The van der Waals surface area contributed by atoms with Crippen LogP contribution in [-0.4, -0.2) is 45.2 Å². The first-order valence-corrected chi connectivity index (χ1v) is 8.34. The second-order valence-electron chi connectivity index (χ2n) is 5.57. The van der Waals surface area contributed by atoms with Gasteiger partial charge in [0.1, 0.15) is 0 Å². The van der Waals surface area contributed by atoms with Crippen LogP contribution in [0.4, 0.5) is 18.3 Å². The minimum Gasteiger partial charge on any atom is -0.301 e. The van der Waals surface area contributed by atoms with Crippen LogP contribution < -0.4 is 5.32 Å². The summed E-state index contributed by atoms with van der Waals surface area (Å²) >= 11 is 1.35. The van der Waals surface area contributed by atoms with Crippen molar-refractivity contribution < 1.29 is 18.0 Å². The molecule has 2 aromatic rings. The van der Waals surface area contributed by atoms with Gasteiger partial charge in [-0.3, -0.25) is 14.4 Å². The van der Waals surface area contributed by atoms with Crippen LogP contribution in [0.3, 0.4) is 0 Å². The molecule has 0 atom stereocenters. The number of thiazole rings is 1. The Hall–Kier alpha value is -1.94. The number of aromatic nitrogens is 3. The monoisotopic (exact) mass is 359 g/mol. The lowest BCUT2D eigenvalue weighted by Gasteiger charge is -2.31. The van der Waals surface area contributed by atoms with Crippen LogP contribution in [0.5, 0.6) is 0 Å². The molecule has 1 N–H and O–H groups in total. The maximum Gasteiger partial charge on any atom is 0.435 e. The van der Waals surface area contributed by atoms with Gasteiger partial charge in [-0.05, 0) is 18.9 Å². The molecule has 1 amide bonds. The summed E-state index contributed by atoms with van der Waals surface area (Å²) in [5.41, 5.74) is -0.868. The predicted molar refractivity (Wildman–Crippen MR) is 82.7 cm³/mol. The molecule has 0 aliphatic carbocycles. The fraction of sp³-hybridized carbons (Fsp3) is 0.500. The predicted octanol–water partition coefficient (Wildman–Crippen LogP) is 2.63. The summed E-state index contributed by atoms with van der Waals surface area (Å²) in [5.74, 6) is -0.137. The highest BCUT2D eigenvalue weighted by Gasteiger charge is 2.34. The van der Waals surface area contributed by atoms with Gasteiger partial charge in [-0.1, -0.05) is 0 Å². The lowest BCUT2D eigenvalue weighted by Crippen LogP contribution is -2.39. The lowest BCUT2D eigenvalue weighted by atomic mass is 10.1. The third-order valence-electron chi connectivity index (χ3n) is 3.88. The Bertz CT molecular complexity index is 677. The molecule has 1 aliphatic rings. The largest absolute Gasteiger partial charge is 0.435 e. The zero-order chi connectivity index (χ0) is 17.2. The van der Waals surface area contributed by atoms with Gasteiger partial charge in [0.15, 0.2) is 10.8 Å². The van der Waals surface area contributed by atoms with Crippen molar-refractivity contribution in [3.05, 3.63) is 29.5 Å². The average Bonchev–Trinajstić information content (AvgIpc) is 3.18. The quantitative estimate of drug-likeness (QED) is 0.912. The first-order valence-electron chi connectivity index (χ1n) is 7.46. The summed E-state index contributed by atoms with van der Waals surface area (Å²) < 4.78 is 39.2. The maximum atomic E-state index is 12.6. The number of anilines is 1. The van der Waals surface area contributed by atoms with Gasteiger partial charge in [-0.2, -0.15) is 18.3 Å². The van der Waals surface area contributed by atoms with Crippen LogP contribution >= 0.6 is 11.3 Å². The van der Waals surface area contributed by atoms with E-state index in [2.05, 4.69) is 15.4 Å². The molecule has 0 spiro atoms. The first kappa shape index (κ1) is 16.9. The number of alkyl halides is 3. The molecule has 0 aromatic carbocycles. The van der Waals surface area contributed by atoms with Gasteiger partial charge >= 0.3 is 6.18 Å². The number of hydrogen-bond acceptors (Lipinski definition) is 5. The van der Waals surface area contributed by atoms with Gasteiger partial charge in [0.2, 0.25) is 5.91 Å². The minimum absolute atomic E-state index is 0.0700. The van der Waals surface area contributed by atoms with E-state index in [-0.39, 0.29) is 18.5 Å². The standard InChI is InChI=1S/C14H16F3N5OS/c15-14(16,17)11-3-7-22(20-11)10-1-5-21(6-2-10)9-12(23)19-13-18-4-8-24-13/h3-4,7-8,10H,1-2,5-6,9H2,(H,18,19,23). The highest BCUT2D eigenvalue weighted by molar-refractivity contribution is 7.13. The second kappa shape index (κ2) is 6.89. The summed E-state index contributed by atoms with van der Waals surface area (Å²) in [4.78, 5) is 17.9. The summed E-state index contributed by atoms with van der Waals surface area (Å²) in [7, 11) is 0. The molecule has 1 aliphatic heterocycles. The van der Waals surface area contributed by atoms with Crippen LogP contribution in [0.1, 0.15) is 24.6 Å². The molecule has 2 aromatic heterocycles. The van der Waals surface area contributed by atoms with Crippen molar-refractivity contribution >= 4 is 22.4 Å². The van der Waals surface area contributed by atoms with E-state index in [0.29, 0.717) is 31.1 Å². The number of likely N-dealkylation sites (tertiary alicyclic amines) is 1. The Morgan fingerprint density at radius 3 is 2.71 bits per heavy atom. The van der Waals surface area contributed by atoms with E-state index >= 15 is 0 Å². The second-order valence-corrected chi connectivity index (χ2v) is 6.47. The third-order valence-corrected chi connectivity index (χ3v) is 4.56. The summed E-state index contributed by atoms with van der Waals surface area (Å²) in [6.07, 6.45) is -0.115. The fourth-order valence-corrected chi connectivity index (χ4v) is 3.23. The van der Waals surface area contributed by atoms with Crippen LogP contribution in [-0.2, 0) is 11.0 Å². The number of nitrogens with one attached hydrogen (secondary N) is 1. The summed E-state index contributed by atoms with van der Waals surface area (Å²) in [6, 6.07) is 0.924. The van der Waals surface area contributed by atoms with Gasteiger partial charge in [-0.15, -0.1) is 11.3 Å². The van der Waals surface area contributed by atoms with Crippen LogP contribution in [0, 0.1) is 0 Å². The van der Waals surface area contributed by atoms with E-state index in [4.69, 9.17) is 0 Å². The number of rotatable bonds is 4. The number of amides is 1. The third kappa shape index (κ3) is 4.12. The Morgan fingerprint density at radius 1 is 1.38 bits per heavy atom. The number of halogens is 3. The molecule has 130 valence electrons. The number of piperidine rings is 1. The van der Waals surface area contributed by atoms with Gasteiger partial charge in [0.05, 0.1) is 12.6 Å². The summed E-state index contributed by atoms with van der Waals surface area (Å²) in [6.45, 7) is 1.52. The number of carbonyl (C=O) groups is 1. The number of carbonyl (C=O) groups excluding carboxylic acids is 1. The molecule has 1 saturated heterocycles. The molecule has 24 heavy (non-hydrogen) atoms. The normalized spacial score (nSPS) is 17.1. The van der Waals surface area contributed by atoms with Crippen LogP contribution in [0.15, 0.2) is 23.8 Å². The van der Waals surface area contributed by atoms with E-state index in [1.807, 2.05) is 4.90 Å². The summed E-state index contributed by atoms with van der Waals surface area (Å²) in [5, 5.41) is 8.68.